The van der Waals surface area contributed by atoms with Crippen LogP contribution in [0.15, 0.2) is 0 Å². The van der Waals surface area contributed by atoms with Crippen LogP contribution in [0, 0.1) is 0 Å². The number of alkyl halides is 1. The maximum atomic E-state index is 3.28. The van der Waals surface area contributed by atoms with Gasteiger partial charge < -0.3 is 0 Å². The Morgan fingerprint density at radius 1 is 2.00 bits per heavy atom. The second-order valence-electron chi connectivity index (χ2n) is 0.398. The second-order valence-corrected chi connectivity index (χ2v) is 4.45. The minimum atomic E-state index is 0.833. The Morgan fingerprint density at radius 3 is 2.25 bits per heavy atom. The second kappa shape index (κ2) is 4.00. The molecular weight excluding hydrogens is 183 g/mol. The minimum absolute atomic E-state index is 0.833. The van der Waals surface area contributed by atoms with Crippen LogP contribution in [0.5, 0.6) is 0 Å². The summed E-state index contributed by atoms with van der Waals surface area (Å²) in [5, 5.41) is 0. The molecule has 0 aliphatic heterocycles. The van der Waals surface area contributed by atoms with Gasteiger partial charge in [0, 0.05) is 0 Å². The Labute approximate surface area is 41.3 Å². The molecule has 0 N–H and O–H groups in total. The summed E-state index contributed by atoms with van der Waals surface area (Å²) >= 11 is 4.11. The molecule has 0 aliphatic rings. The van der Waals surface area contributed by atoms with Crippen molar-refractivity contribution in [3.63, 3.8) is 0 Å². The van der Waals surface area contributed by atoms with Gasteiger partial charge in [-0.1, -0.05) is 0 Å². The first kappa shape index (κ1) is 5.00. The fraction of sp³-hybridized carbons (Fsp3) is 1.00. The van der Waals surface area contributed by atoms with Crippen LogP contribution in [0.2, 0.25) is 5.82 Å². The Kier molecular flexibility index (Phi) is 5.00. The van der Waals surface area contributed by atoms with Crippen LogP contribution in [-0.4, -0.2) is 19.2 Å². The van der Waals surface area contributed by atoms with Crippen molar-refractivity contribution in [1.29, 1.82) is 0 Å². The van der Waals surface area contributed by atoms with Crippen LogP contribution in [0.1, 0.15) is 0 Å². The number of rotatable bonds is 1. The predicted molar refractivity (Wildman–Crippen MR) is 25.4 cm³/mol. The van der Waals surface area contributed by atoms with E-state index in [9.17, 15) is 0 Å². The third-order valence-electron chi connectivity index (χ3n) is 0.109. The van der Waals surface area contributed by atoms with Crippen molar-refractivity contribution in [2.75, 3.05) is 4.23 Å². The van der Waals surface area contributed by atoms with E-state index in [1.54, 1.807) is 0 Å². The summed E-state index contributed by atoms with van der Waals surface area (Å²) in [6, 6.07) is 0. The third kappa shape index (κ3) is 3.00. The summed E-state index contributed by atoms with van der Waals surface area (Å²) in [6.45, 7) is 0. The van der Waals surface area contributed by atoms with Crippen LogP contribution in [0.25, 0.3) is 0 Å². The van der Waals surface area contributed by atoms with Crippen molar-refractivity contribution in [3.05, 3.63) is 0 Å². The van der Waals surface area contributed by atoms with Gasteiger partial charge in [-0.05, 0) is 0 Å². The molecule has 0 radical (unpaired) electrons. The first-order valence-electron chi connectivity index (χ1n) is 0.964. The first-order chi connectivity index (χ1) is 1.91. The molecule has 0 nitrogen and oxygen atoms in total. The first-order valence-corrected chi connectivity index (χ1v) is 5.01. The van der Waals surface area contributed by atoms with E-state index in [4.69, 9.17) is 0 Å². The van der Waals surface area contributed by atoms with E-state index in [1.165, 1.54) is 4.23 Å². The summed E-state index contributed by atoms with van der Waals surface area (Å²) < 4.78 is 1.19. The summed E-state index contributed by atoms with van der Waals surface area (Å²) in [7, 11) is 0. The normalized spacial score (nSPS) is 7.50. The van der Waals surface area contributed by atoms with Gasteiger partial charge in [0.05, 0.1) is 0 Å². The molecule has 0 aliphatic carbocycles. The van der Waals surface area contributed by atoms with Gasteiger partial charge in [-0.3, -0.25) is 0 Å². The van der Waals surface area contributed by atoms with Crippen molar-refractivity contribution < 1.29 is 0 Å². The molecule has 0 amide bonds. The summed E-state index contributed by atoms with van der Waals surface area (Å²) in [5.41, 5.74) is 0. The molecule has 0 unspecified atom stereocenters. The summed E-state index contributed by atoms with van der Waals surface area (Å²) in [6.07, 6.45) is 0. The molecule has 0 heterocycles. The third-order valence-corrected chi connectivity index (χ3v) is 2.95. The molecular formula is C2H5BrSe. The summed E-state index contributed by atoms with van der Waals surface area (Å²) in [4.78, 5) is 0. The molecule has 2 heteroatoms. The molecule has 26 valence electrons. The average molecular weight is 188 g/mol. The molecule has 0 rings (SSSR count). The van der Waals surface area contributed by atoms with Gasteiger partial charge in [0.1, 0.15) is 0 Å². The van der Waals surface area contributed by atoms with Crippen LogP contribution < -0.4 is 0 Å². The van der Waals surface area contributed by atoms with E-state index in [-0.39, 0.29) is 0 Å². The summed E-state index contributed by atoms with van der Waals surface area (Å²) in [5.74, 6) is 2.20. The molecule has 0 saturated carbocycles. The number of hydrogen-bond acceptors (Lipinski definition) is 0. The van der Waals surface area contributed by atoms with E-state index >= 15 is 0 Å². The molecule has 0 fully saturated rings. The van der Waals surface area contributed by atoms with Crippen LogP contribution in [-0.2, 0) is 0 Å². The maximum absolute atomic E-state index is 3.28. The van der Waals surface area contributed by atoms with Crippen molar-refractivity contribution in [1.82, 2.24) is 0 Å². The van der Waals surface area contributed by atoms with Gasteiger partial charge in [-0.15, -0.1) is 0 Å². The zero-order valence-electron chi connectivity index (χ0n) is 2.49. The Morgan fingerprint density at radius 2 is 2.25 bits per heavy atom. The quantitative estimate of drug-likeness (QED) is 0.426. The van der Waals surface area contributed by atoms with Crippen LogP contribution in [0.3, 0.4) is 0 Å². The van der Waals surface area contributed by atoms with Gasteiger partial charge in [-0.2, -0.15) is 0 Å². The predicted octanol–water partition coefficient (Wildman–Crippen LogP) is 1.09. The van der Waals surface area contributed by atoms with Crippen molar-refractivity contribution >= 4 is 30.9 Å². The van der Waals surface area contributed by atoms with Crippen LogP contribution >= 0.6 is 15.9 Å². The van der Waals surface area contributed by atoms with E-state index in [2.05, 4.69) is 21.8 Å². The molecule has 0 aromatic heterocycles. The fourth-order valence-electron chi connectivity index (χ4n) is 0. The van der Waals surface area contributed by atoms with E-state index in [0.29, 0.717) is 0 Å². The van der Waals surface area contributed by atoms with Gasteiger partial charge in [-0.25, -0.2) is 0 Å². The molecule has 0 bridgehead atoms. The van der Waals surface area contributed by atoms with E-state index < -0.39 is 0 Å². The monoisotopic (exact) mass is 188 g/mol. The molecule has 4 heavy (non-hydrogen) atoms. The topological polar surface area (TPSA) is 0 Å². The molecule has 0 saturated heterocycles. The molecule has 0 aromatic carbocycles. The number of halogens is 1. The van der Waals surface area contributed by atoms with Crippen molar-refractivity contribution in [2.24, 2.45) is 0 Å². The molecule has 0 atom stereocenters. The Bertz CT molecular complexity index is 8.00. The van der Waals surface area contributed by atoms with Gasteiger partial charge >= 0.3 is 40.9 Å². The molecule has 0 spiro atoms. The SMILES string of the molecule is C[Se]CBr. The number of hydrogen-bond donors (Lipinski definition) is 0. The molecule has 0 aromatic rings. The fourth-order valence-corrected chi connectivity index (χ4v) is 0. The van der Waals surface area contributed by atoms with E-state index in [1.807, 2.05) is 0 Å². The zero-order valence-corrected chi connectivity index (χ0v) is 5.79. The van der Waals surface area contributed by atoms with Gasteiger partial charge in [0.15, 0.2) is 0 Å². The van der Waals surface area contributed by atoms with E-state index in [0.717, 1.165) is 15.0 Å². The van der Waals surface area contributed by atoms with Crippen LogP contribution in [0.4, 0.5) is 0 Å². The zero-order chi connectivity index (χ0) is 3.41. The van der Waals surface area contributed by atoms with Crippen molar-refractivity contribution in [3.8, 4) is 0 Å². The van der Waals surface area contributed by atoms with Crippen molar-refractivity contribution in [2.45, 2.75) is 5.82 Å². The average Bonchev–Trinajstić information content (AvgIpc) is 1.37. The Balaban J connectivity index is 1.97. The Hall–Kier alpha value is 0.999. The van der Waals surface area contributed by atoms with Gasteiger partial charge in [0.25, 0.3) is 0 Å². The van der Waals surface area contributed by atoms with Gasteiger partial charge in [0.2, 0.25) is 0 Å². The standard InChI is InChI=1S/C2H5BrSe/c1-4-2-3/h2H2,1H3.